The number of hydrogen-bond donors (Lipinski definition) is 3. The highest BCUT2D eigenvalue weighted by Crippen LogP contribution is 2.25. The molecule has 1 aliphatic rings. The van der Waals surface area contributed by atoms with Crippen molar-refractivity contribution in [3.8, 4) is 0 Å². The molecule has 1 aromatic carbocycles. The minimum absolute atomic E-state index is 0.675. The number of anilines is 2. The summed E-state index contributed by atoms with van der Waals surface area (Å²) < 4.78 is 5.39. The van der Waals surface area contributed by atoms with Crippen molar-refractivity contribution in [1.29, 1.82) is 5.41 Å². The summed E-state index contributed by atoms with van der Waals surface area (Å²) >= 11 is 1.65. The van der Waals surface area contributed by atoms with Gasteiger partial charge >= 0.3 is 0 Å². The molecule has 20 heavy (non-hydrogen) atoms. The standard InChI is InChI=1S/C12H19N5S.C2H6/c1-15-18-17-7-5-16(6-8-17)12-4-2-3-11(14)10(12)9-13;1-2/h2-4,9,13,15H,5-8,14H2,1H3;1-2H3. The first-order chi connectivity index (χ1) is 9.76. The molecular formula is C14H25N5S. The first-order valence-electron chi connectivity index (χ1n) is 6.99. The van der Waals surface area contributed by atoms with Crippen molar-refractivity contribution in [1.82, 2.24) is 9.03 Å². The van der Waals surface area contributed by atoms with E-state index in [1.54, 1.807) is 12.1 Å². The minimum Gasteiger partial charge on any atom is -0.398 e. The Morgan fingerprint density at radius 3 is 2.45 bits per heavy atom. The number of benzene rings is 1. The Labute approximate surface area is 126 Å². The van der Waals surface area contributed by atoms with Gasteiger partial charge in [0.25, 0.3) is 0 Å². The van der Waals surface area contributed by atoms with E-state index >= 15 is 0 Å². The fraction of sp³-hybridized carbons (Fsp3) is 0.500. The zero-order valence-electron chi connectivity index (χ0n) is 12.5. The number of nitrogens with two attached hydrogens (primary N) is 1. The number of nitrogens with zero attached hydrogens (tertiary/aromatic N) is 2. The van der Waals surface area contributed by atoms with Gasteiger partial charge in [-0.3, -0.25) is 4.72 Å². The van der Waals surface area contributed by atoms with Crippen molar-refractivity contribution in [3.63, 3.8) is 0 Å². The molecule has 1 heterocycles. The summed E-state index contributed by atoms with van der Waals surface area (Å²) in [7, 11) is 1.93. The molecule has 0 atom stereocenters. The zero-order valence-corrected chi connectivity index (χ0v) is 13.3. The third-order valence-corrected chi connectivity index (χ3v) is 3.87. The van der Waals surface area contributed by atoms with Crippen molar-refractivity contribution < 1.29 is 0 Å². The Hall–Kier alpha value is -1.24. The van der Waals surface area contributed by atoms with Gasteiger partial charge in [0.2, 0.25) is 0 Å². The lowest BCUT2D eigenvalue weighted by atomic mass is 10.1. The van der Waals surface area contributed by atoms with Crippen LogP contribution in [0.15, 0.2) is 18.2 Å². The van der Waals surface area contributed by atoms with Gasteiger partial charge in [0.15, 0.2) is 0 Å². The highest BCUT2D eigenvalue weighted by atomic mass is 32.2. The summed E-state index contributed by atoms with van der Waals surface area (Å²) in [6, 6.07) is 5.83. The van der Waals surface area contributed by atoms with Crippen LogP contribution < -0.4 is 15.4 Å². The van der Waals surface area contributed by atoms with Crippen LogP contribution in [0.4, 0.5) is 11.4 Å². The molecule has 6 heteroatoms. The van der Waals surface area contributed by atoms with E-state index in [-0.39, 0.29) is 0 Å². The summed E-state index contributed by atoms with van der Waals surface area (Å²) in [5.74, 6) is 0. The van der Waals surface area contributed by atoms with Gasteiger partial charge < -0.3 is 16.0 Å². The molecule has 0 aliphatic carbocycles. The van der Waals surface area contributed by atoms with Crippen LogP contribution >= 0.6 is 12.1 Å². The monoisotopic (exact) mass is 295 g/mol. The SMILES string of the molecule is CC.CNSN1CCN(c2cccc(N)c2C=N)CC1. The Kier molecular flexibility index (Phi) is 7.43. The zero-order chi connectivity index (χ0) is 15.0. The molecule has 0 spiro atoms. The summed E-state index contributed by atoms with van der Waals surface area (Å²) in [5.41, 5.74) is 8.48. The molecule has 4 N–H and O–H groups in total. The van der Waals surface area contributed by atoms with E-state index in [0.717, 1.165) is 37.4 Å². The Morgan fingerprint density at radius 2 is 1.90 bits per heavy atom. The average molecular weight is 295 g/mol. The molecular weight excluding hydrogens is 270 g/mol. The van der Waals surface area contributed by atoms with E-state index in [4.69, 9.17) is 11.1 Å². The van der Waals surface area contributed by atoms with Crippen LogP contribution in [0, 0.1) is 5.41 Å². The predicted octanol–water partition coefficient (Wildman–Crippen LogP) is 2.20. The van der Waals surface area contributed by atoms with E-state index < -0.39 is 0 Å². The van der Waals surface area contributed by atoms with Gasteiger partial charge in [0.05, 0.1) is 0 Å². The third kappa shape index (κ3) is 4.13. The first kappa shape index (κ1) is 16.8. The van der Waals surface area contributed by atoms with Crippen LogP contribution in [-0.4, -0.2) is 43.7 Å². The maximum absolute atomic E-state index is 7.49. The average Bonchev–Trinajstić information content (AvgIpc) is 2.50. The molecule has 2 rings (SSSR count). The van der Waals surface area contributed by atoms with Crippen molar-refractivity contribution in [3.05, 3.63) is 23.8 Å². The summed E-state index contributed by atoms with van der Waals surface area (Å²) in [6.07, 6.45) is 1.35. The minimum atomic E-state index is 0.675. The molecule has 1 saturated heterocycles. The van der Waals surface area contributed by atoms with Crippen molar-refractivity contribution in [2.75, 3.05) is 43.9 Å². The first-order valence-corrected chi connectivity index (χ1v) is 7.76. The fourth-order valence-electron chi connectivity index (χ4n) is 2.15. The van der Waals surface area contributed by atoms with Gasteiger partial charge in [-0.05, 0) is 19.2 Å². The smallest absolute Gasteiger partial charge is 0.0477 e. The van der Waals surface area contributed by atoms with Crippen LogP contribution in [0.1, 0.15) is 19.4 Å². The van der Waals surface area contributed by atoms with Gasteiger partial charge in [-0.2, -0.15) is 0 Å². The second-order valence-corrected chi connectivity index (χ2v) is 5.24. The topological polar surface area (TPSA) is 68.4 Å². The summed E-state index contributed by atoms with van der Waals surface area (Å²) in [5, 5.41) is 7.49. The van der Waals surface area contributed by atoms with Gasteiger partial charge in [-0.25, -0.2) is 4.31 Å². The lowest BCUT2D eigenvalue weighted by Crippen LogP contribution is -2.44. The largest absolute Gasteiger partial charge is 0.398 e. The van der Waals surface area contributed by atoms with Crippen LogP contribution in [0.25, 0.3) is 0 Å². The van der Waals surface area contributed by atoms with Crippen molar-refractivity contribution in [2.24, 2.45) is 0 Å². The third-order valence-electron chi connectivity index (χ3n) is 3.06. The Morgan fingerprint density at radius 1 is 1.25 bits per heavy atom. The van der Waals surface area contributed by atoms with E-state index in [2.05, 4.69) is 13.9 Å². The Balaban J connectivity index is 0.000000956. The van der Waals surface area contributed by atoms with E-state index in [1.165, 1.54) is 6.21 Å². The van der Waals surface area contributed by atoms with Crippen LogP contribution in [0.5, 0.6) is 0 Å². The molecule has 0 radical (unpaired) electrons. The van der Waals surface area contributed by atoms with Gasteiger partial charge in [-0.15, -0.1) is 0 Å². The summed E-state index contributed by atoms with van der Waals surface area (Å²) in [4.78, 5) is 2.30. The van der Waals surface area contributed by atoms with Crippen molar-refractivity contribution >= 4 is 29.7 Å². The van der Waals surface area contributed by atoms with Gasteiger partial charge in [0.1, 0.15) is 0 Å². The quantitative estimate of drug-likeness (QED) is 0.451. The summed E-state index contributed by atoms with van der Waals surface area (Å²) in [6.45, 7) is 7.91. The van der Waals surface area contributed by atoms with Gasteiger partial charge in [-0.1, -0.05) is 19.9 Å². The molecule has 1 fully saturated rings. The van der Waals surface area contributed by atoms with E-state index in [1.807, 2.05) is 39.1 Å². The molecule has 0 saturated carbocycles. The Bertz CT molecular complexity index is 416. The normalized spacial score (nSPS) is 15.4. The number of nitrogen functional groups attached to an aromatic ring is 1. The van der Waals surface area contributed by atoms with Crippen LogP contribution in [0.2, 0.25) is 0 Å². The molecule has 5 nitrogen and oxygen atoms in total. The van der Waals surface area contributed by atoms with Crippen LogP contribution in [-0.2, 0) is 0 Å². The number of hydrogen-bond acceptors (Lipinski definition) is 6. The molecule has 0 bridgehead atoms. The number of rotatable bonds is 4. The molecule has 1 aromatic rings. The number of piperazine rings is 1. The molecule has 1 aliphatic heterocycles. The highest BCUT2D eigenvalue weighted by Gasteiger charge is 2.19. The molecule has 0 amide bonds. The molecule has 0 aromatic heterocycles. The second kappa shape index (κ2) is 8.84. The highest BCUT2D eigenvalue weighted by molar-refractivity contribution is 7.95. The molecule has 0 unspecified atom stereocenters. The van der Waals surface area contributed by atoms with Gasteiger partial charge in [0, 0.05) is 61.5 Å². The predicted molar refractivity (Wildman–Crippen MR) is 90.5 cm³/mol. The van der Waals surface area contributed by atoms with Crippen LogP contribution in [0.3, 0.4) is 0 Å². The molecule has 112 valence electrons. The second-order valence-electron chi connectivity index (χ2n) is 4.14. The lowest BCUT2D eigenvalue weighted by molar-refractivity contribution is 0.428. The fourth-order valence-corrected chi connectivity index (χ4v) is 2.76. The maximum Gasteiger partial charge on any atom is 0.0477 e. The maximum atomic E-state index is 7.49. The van der Waals surface area contributed by atoms with Crippen molar-refractivity contribution in [2.45, 2.75) is 13.8 Å². The lowest BCUT2D eigenvalue weighted by Gasteiger charge is -2.35. The van der Waals surface area contributed by atoms with E-state index in [0.29, 0.717) is 5.69 Å². The van der Waals surface area contributed by atoms with E-state index in [9.17, 15) is 0 Å². The number of nitrogens with one attached hydrogen (secondary N) is 2.